The Hall–Kier alpha value is 0.160. The number of carboxylic acids is 1. The summed E-state index contributed by atoms with van der Waals surface area (Å²) in [5.74, 6) is -0.867. The van der Waals surface area contributed by atoms with E-state index in [1.165, 1.54) is 0 Å². The van der Waals surface area contributed by atoms with E-state index in [9.17, 15) is 4.79 Å². The molecule has 3 nitrogen and oxygen atoms in total. The van der Waals surface area contributed by atoms with E-state index in [0.29, 0.717) is 6.42 Å². The molecule has 3 N–H and O–H groups in total. The van der Waals surface area contributed by atoms with Crippen molar-refractivity contribution in [2.45, 2.75) is 22.3 Å². The molecule has 1 fully saturated rings. The van der Waals surface area contributed by atoms with Crippen molar-refractivity contribution in [1.82, 2.24) is 0 Å². The standard InChI is InChI=1S/C5H8INO2/c6-3-1-2-5(3,7)4(8)9/h3H,1-2,7H2,(H,8,9)/t3-,5-/m0/s1/i6-4. The quantitative estimate of drug-likeness (QED) is 0.511. The van der Waals surface area contributed by atoms with Gasteiger partial charge in [0.1, 0.15) is 5.54 Å². The molecular weight excluding hydrogens is 229 g/mol. The van der Waals surface area contributed by atoms with Crippen LogP contribution < -0.4 is 5.73 Å². The zero-order valence-electron chi connectivity index (χ0n) is 4.80. The minimum atomic E-state index is -0.916. The number of rotatable bonds is 1. The fourth-order valence-electron chi connectivity index (χ4n) is 0.805. The van der Waals surface area contributed by atoms with Crippen molar-refractivity contribution in [1.29, 1.82) is 0 Å². The molecule has 0 bridgehead atoms. The Morgan fingerprint density at radius 1 is 1.89 bits per heavy atom. The molecule has 0 amide bonds. The third kappa shape index (κ3) is 0.939. The predicted molar refractivity (Wildman–Crippen MR) is 41.6 cm³/mol. The van der Waals surface area contributed by atoms with Gasteiger partial charge in [-0.1, -0.05) is 22.6 Å². The summed E-state index contributed by atoms with van der Waals surface area (Å²) in [6, 6.07) is 0. The van der Waals surface area contributed by atoms with Crippen molar-refractivity contribution in [3.8, 4) is 0 Å². The maximum absolute atomic E-state index is 10.4. The predicted octanol–water partition coefficient (Wildman–Crippen LogP) is 0.366. The zero-order chi connectivity index (χ0) is 7.07. The molecule has 0 aliphatic heterocycles. The molecule has 0 unspecified atom stereocenters. The van der Waals surface area contributed by atoms with Gasteiger partial charge in [-0.05, 0) is 12.8 Å². The summed E-state index contributed by atoms with van der Waals surface area (Å²) in [6.45, 7) is 0. The minimum absolute atomic E-state index is 0.118. The Morgan fingerprint density at radius 3 is 2.44 bits per heavy atom. The van der Waals surface area contributed by atoms with Crippen LogP contribution in [0.2, 0.25) is 0 Å². The molecule has 0 aromatic heterocycles. The highest BCUT2D eigenvalue weighted by Crippen LogP contribution is 2.36. The third-order valence-corrected chi connectivity index (χ3v) is 3.50. The summed E-state index contributed by atoms with van der Waals surface area (Å²) in [6.07, 6.45) is 1.55. The van der Waals surface area contributed by atoms with Gasteiger partial charge in [0.2, 0.25) is 0 Å². The van der Waals surface area contributed by atoms with Crippen molar-refractivity contribution in [2.75, 3.05) is 0 Å². The molecule has 0 spiro atoms. The van der Waals surface area contributed by atoms with Gasteiger partial charge < -0.3 is 10.8 Å². The van der Waals surface area contributed by atoms with Crippen LogP contribution in [0.25, 0.3) is 0 Å². The molecule has 9 heavy (non-hydrogen) atoms. The Morgan fingerprint density at radius 2 is 2.44 bits per heavy atom. The van der Waals surface area contributed by atoms with Gasteiger partial charge >= 0.3 is 5.97 Å². The van der Waals surface area contributed by atoms with Crippen LogP contribution in [0.3, 0.4) is 0 Å². The molecule has 0 aromatic carbocycles. The smallest absolute Gasteiger partial charge is 0.324 e. The maximum atomic E-state index is 10.4. The molecule has 4 heteroatoms. The number of hydrogen-bond acceptors (Lipinski definition) is 2. The van der Waals surface area contributed by atoms with Gasteiger partial charge in [0, 0.05) is 3.92 Å². The van der Waals surface area contributed by atoms with E-state index in [1.807, 2.05) is 0 Å². The molecule has 1 saturated carbocycles. The first kappa shape index (κ1) is 7.27. The van der Waals surface area contributed by atoms with Gasteiger partial charge in [0.25, 0.3) is 0 Å². The molecule has 1 aliphatic rings. The molecule has 2 atom stereocenters. The van der Waals surface area contributed by atoms with Crippen molar-refractivity contribution in [3.05, 3.63) is 0 Å². The van der Waals surface area contributed by atoms with E-state index >= 15 is 0 Å². The third-order valence-electron chi connectivity index (χ3n) is 1.77. The summed E-state index contributed by atoms with van der Waals surface area (Å²) in [4.78, 5) is 10.4. The number of aliphatic carboxylic acids is 1. The van der Waals surface area contributed by atoms with Gasteiger partial charge in [-0.2, -0.15) is 0 Å². The van der Waals surface area contributed by atoms with Crippen LogP contribution in [0.4, 0.5) is 0 Å². The second kappa shape index (κ2) is 2.09. The molecule has 1 aliphatic carbocycles. The second-order valence-corrected chi connectivity index (χ2v) is 3.86. The van der Waals surface area contributed by atoms with Crippen LogP contribution in [-0.4, -0.2) is 20.5 Å². The Balaban J connectivity index is 2.64. The summed E-state index contributed by atoms with van der Waals surface area (Å²) in [5.41, 5.74) is 4.57. The van der Waals surface area contributed by atoms with E-state index in [4.69, 9.17) is 10.8 Å². The van der Waals surface area contributed by atoms with E-state index in [-0.39, 0.29) is 3.92 Å². The maximum Gasteiger partial charge on any atom is 0.324 e. The SMILES string of the molecule is N[C@@]1(C(=O)O)CC[C@@H]1[123I]. The van der Waals surface area contributed by atoms with E-state index in [0.717, 1.165) is 6.42 Å². The second-order valence-electron chi connectivity index (χ2n) is 2.35. The van der Waals surface area contributed by atoms with Gasteiger partial charge in [-0.15, -0.1) is 0 Å². The van der Waals surface area contributed by atoms with E-state index < -0.39 is 11.5 Å². The van der Waals surface area contributed by atoms with Crippen LogP contribution in [0, 0.1) is 0 Å². The summed E-state index contributed by atoms with van der Waals surface area (Å²) in [5, 5.41) is 8.53. The number of halogens is 1. The fraction of sp³-hybridized carbons (Fsp3) is 0.800. The van der Waals surface area contributed by atoms with Crippen LogP contribution in [0.5, 0.6) is 0 Å². The molecule has 0 heterocycles. The van der Waals surface area contributed by atoms with E-state index in [2.05, 4.69) is 22.6 Å². The monoisotopic (exact) mass is 237 g/mol. The van der Waals surface area contributed by atoms with Crippen molar-refractivity contribution in [2.24, 2.45) is 5.73 Å². The number of alkyl halides is 1. The summed E-state index contributed by atoms with van der Waals surface area (Å²) >= 11 is 2.08. The van der Waals surface area contributed by atoms with Crippen LogP contribution >= 0.6 is 22.6 Å². The lowest BCUT2D eigenvalue weighted by atomic mass is 9.78. The summed E-state index contributed by atoms with van der Waals surface area (Å²) < 4.78 is 0.118. The Kier molecular flexibility index (Phi) is 1.69. The number of nitrogens with two attached hydrogens (primary N) is 1. The van der Waals surface area contributed by atoms with Crippen molar-refractivity contribution < 1.29 is 9.90 Å². The first-order valence-corrected chi connectivity index (χ1v) is 3.98. The average molecular weight is 237 g/mol. The van der Waals surface area contributed by atoms with Gasteiger partial charge in [-0.25, -0.2) is 0 Å². The largest absolute Gasteiger partial charge is 0.480 e. The first-order chi connectivity index (χ1) is 4.07. The number of carbonyl (C=O) groups is 1. The Bertz CT molecular complexity index is 150. The highest BCUT2D eigenvalue weighted by molar-refractivity contribution is 14.1. The molecule has 52 valence electrons. The number of carboxylic acid groups (broad SMARTS) is 1. The molecule has 0 radical (unpaired) electrons. The van der Waals surface area contributed by atoms with Gasteiger partial charge in [0.05, 0.1) is 0 Å². The van der Waals surface area contributed by atoms with Crippen LogP contribution in [0.15, 0.2) is 0 Å². The lowest BCUT2D eigenvalue weighted by Crippen LogP contribution is -2.61. The lowest BCUT2D eigenvalue weighted by Gasteiger charge is -2.39. The molecule has 0 saturated heterocycles. The van der Waals surface area contributed by atoms with Crippen LogP contribution in [-0.2, 0) is 4.79 Å². The van der Waals surface area contributed by atoms with Gasteiger partial charge in [-0.3, -0.25) is 4.79 Å². The lowest BCUT2D eigenvalue weighted by molar-refractivity contribution is -0.145. The molecule has 0 aromatic rings. The van der Waals surface area contributed by atoms with Crippen LogP contribution in [0.1, 0.15) is 12.8 Å². The number of hydrogen-bond donors (Lipinski definition) is 2. The molecular formula is C5H8INO2. The van der Waals surface area contributed by atoms with Gasteiger partial charge in [0.15, 0.2) is 0 Å². The Labute approximate surface area is 66.8 Å². The average Bonchev–Trinajstić information content (AvgIpc) is 1.82. The fourth-order valence-corrected chi connectivity index (χ4v) is 1.69. The highest BCUT2D eigenvalue weighted by atomic mass is 123. The first-order valence-electron chi connectivity index (χ1n) is 2.74. The zero-order valence-corrected chi connectivity index (χ0v) is 6.96. The van der Waals surface area contributed by atoms with Crippen molar-refractivity contribution >= 4 is 28.6 Å². The van der Waals surface area contributed by atoms with E-state index in [1.54, 1.807) is 0 Å². The normalized spacial score (nSPS) is 41.8. The topological polar surface area (TPSA) is 63.3 Å². The molecule has 1 rings (SSSR count). The highest BCUT2D eigenvalue weighted by Gasteiger charge is 2.48. The minimum Gasteiger partial charge on any atom is -0.480 e. The van der Waals surface area contributed by atoms with Crippen molar-refractivity contribution in [3.63, 3.8) is 0 Å². The summed E-state index contributed by atoms with van der Waals surface area (Å²) in [7, 11) is 0.